The molecule has 0 amide bonds. The van der Waals surface area contributed by atoms with Crippen molar-refractivity contribution < 1.29 is 8.78 Å². The lowest BCUT2D eigenvalue weighted by molar-refractivity contribution is 0.512. The third-order valence-corrected chi connectivity index (χ3v) is 1.56. The summed E-state index contributed by atoms with van der Waals surface area (Å²) >= 11 is 0. The number of hydrogen-bond donors (Lipinski definition) is 3. The minimum Gasteiger partial charge on any atom is -0.323 e. The molecule has 0 fully saturated rings. The van der Waals surface area contributed by atoms with E-state index in [-0.39, 0.29) is 11.6 Å². The number of anilines is 1. The van der Waals surface area contributed by atoms with Crippen molar-refractivity contribution in [3.63, 3.8) is 0 Å². The quantitative estimate of drug-likeness (QED) is 0.272. The molecule has 0 bridgehead atoms. The predicted molar refractivity (Wildman–Crippen MR) is 50.7 cm³/mol. The van der Waals surface area contributed by atoms with Crippen molar-refractivity contribution in [2.24, 2.45) is 10.8 Å². The van der Waals surface area contributed by atoms with Crippen molar-refractivity contribution in [3.8, 4) is 0 Å². The van der Waals surface area contributed by atoms with Gasteiger partial charge >= 0.3 is 0 Å². The number of benzene rings is 1. The maximum Gasteiger partial charge on any atom is 0.210 e. The van der Waals surface area contributed by atoms with Crippen molar-refractivity contribution in [2.45, 2.75) is 0 Å². The summed E-state index contributed by atoms with van der Waals surface area (Å²) in [5, 5.41) is 2.49. The molecule has 0 aliphatic carbocycles. The van der Waals surface area contributed by atoms with Crippen molar-refractivity contribution in [1.29, 1.82) is 0 Å². The monoisotopic (exact) mass is 200 g/mol. The number of rotatable bonds is 1. The molecule has 0 spiro atoms. The molecule has 0 heterocycles. The molecule has 0 saturated carbocycles. The van der Waals surface area contributed by atoms with E-state index in [4.69, 9.17) is 5.84 Å². The molecule has 0 radical (unpaired) electrons. The number of hydrazine groups is 1. The second-order valence-corrected chi connectivity index (χ2v) is 2.44. The Kier molecular flexibility index (Phi) is 3.35. The maximum atomic E-state index is 13.1. The summed E-state index contributed by atoms with van der Waals surface area (Å²) < 4.78 is 25.8. The summed E-state index contributed by atoms with van der Waals surface area (Å²) in [6, 6.07) is 3.78. The van der Waals surface area contributed by atoms with E-state index in [1.165, 1.54) is 19.2 Å². The Labute approximate surface area is 79.8 Å². The van der Waals surface area contributed by atoms with Crippen molar-refractivity contribution in [2.75, 3.05) is 12.4 Å². The zero-order valence-electron chi connectivity index (χ0n) is 7.51. The molecular formula is C8H10F2N4. The molecule has 0 unspecified atom stereocenters. The van der Waals surface area contributed by atoms with Crippen LogP contribution in [-0.4, -0.2) is 13.0 Å². The molecular weight excluding hydrogens is 190 g/mol. The molecule has 0 saturated heterocycles. The van der Waals surface area contributed by atoms with Gasteiger partial charge in [0.1, 0.15) is 0 Å². The number of nitrogens with zero attached hydrogens (tertiary/aromatic N) is 1. The zero-order valence-corrected chi connectivity index (χ0v) is 7.51. The molecule has 4 nitrogen and oxygen atoms in total. The van der Waals surface area contributed by atoms with Gasteiger partial charge in [0.15, 0.2) is 11.6 Å². The summed E-state index contributed by atoms with van der Waals surface area (Å²) in [5.74, 6) is 3.31. The fourth-order valence-electron chi connectivity index (χ4n) is 0.884. The Morgan fingerprint density at radius 1 is 1.43 bits per heavy atom. The molecule has 0 aromatic heterocycles. The number of guanidine groups is 1. The third-order valence-electron chi connectivity index (χ3n) is 1.56. The molecule has 0 atom stereocenters. The molecule has 1 aromatic rings. The maximum absolute atomic E-state index is 13.1. The minimum absolute atomic E-state index is 0.0245. The highest BCUT2D eigenvalue weighted by atomic mass is 19.2. The van der Waals surface area contributed by atoms with Crippen LogP contribution in [0.3, 0.4) is 0 Å². The van der Waals surface area contributed by atoms with Crippen LogP contribution < -0.4 is 16.6 Å². The van der Waals surface area contributed by atoms with Gasteiger partial charge in [0, 0.05) is 7.05 Å². The summed E-state index contributed by atoms with van der Waals surface area (Å²) in [6.45, 7) is 0. The van der Waals surface area contributed by atoms with Crippen LogP contribution in [0.4, 0.5) is 14.5 Å². The van der Waals surface area contributed by atoms with Crippen LogP contribution in [0.1, 0.15) is 0 Å². The van der Waals surface area contributed by atoms with Crippen molar-refractivity contribution in [1.82, 2.24) is 5.43 Å². The van der Waals surface area contributed by atoms with Crippen LogP contribution in [-0.2, 0) is 0 Å². The Balaban J connectivity index is 2.92. The SMILES string of the molecule is CN=C(NN)Nc1cccc(F)c1F. The average Bonchev–Trinajstić information content (AvgIpc) is 2.20. The highest BCUT2D eigenvalue weighted by molar-refractivity contribution is 5.93. The van der Waals surface area contributed by atoms with E-state index in [0.717, 1.165) is 6.07 Å². The number of halogens is 2. The second-order valence-electron chi connectivity index (χ2n) is 2.44. The summed E-state index contributed by atoms with van der Waals surface area (Å²) in [4.78, 5) is 3.65. The number of hydrogen-bond acceptors (Lipinski definition) is 2. The van der Waals surface area contributed by atoms with E-state index in [9.17, 15) is 8.78 Å². The Hall–Kier alpha value is -1.69. The van der Waals surface area contributed by atoms with Gasteiger partial charge in [-0.15, -0.1) is 0 Å². The highest BCUT2D eigenvalue weighted by Crippen LogP contribution is 2.15. The van der Waals surface area contributed by atoms with Gasteiger partial charge in [-0.05, 0) is 12.1 Å². The standard InChI is InChI=1S/C8H10F2N4/c1-12-8(14-11)13-6-4-2-3-5(9)7(6)10/h2-4H,11H2,1H3,(H2,12,13,14). The largest absolute Gasteiger partial charge is 0.323 e. The van der Waals surface area contributed by atoms with Gasteiger partial charge in [-0.25, -0.2) is 14.6 Å². The first kappa shape index (κ1) is 10.4. The zero-order chi connectivity index (χ0) is 10.6. The number of aliphatic imine (C=N–C) groups is 1. The molecule has 76 valence electrons. The lowest BCUT2D eigenvalue weighted by Gasteiger charge is -2.08. The lowest BCUT2D eigenvalue weighted by Crippen LogP contribution is -2.36. The van der Waals surface area contributed by atoms with Gasteiger partial charge < -0.3 is 5.32 Å². The first-order valence-electron chi connectivity index (χ1n) is 3.83. The molecule has 4 N–H and O–H groups in total. The minimum atomic E-state index is -0.969. The van der Waals surface area contributed by atoms with Crippen LogP contribution in [0.2, 0.25) is 0 Å². The van der Waals surface area contributed by atoms with Crippen LogP contribution in [0, 0.1) is 11.6 Å². The van der Waals surface area contributed by atoms with Gasteiger partial charge in [0.25, 0.3) is 0 Å². The topological polar surface area (TPSA) is 62.4 Å². The van der Waals surface area contributed by atoms with Gasteiger partial charge in [0.2, 0.25) is 5.96 Å². The van der Waals surface area contributed by atoms with E-state index in [0.29, 0.717) is 0 Å². The highest BCUT2D eigenvalue weighted by Gasteiger charge is 2.08. The molecule has 1 aromatic carbocycles. The Morgan fingerprint density at radius 2 is 2.14 bits per heavy atom. The first-order chi connectivity index (χ1) is 6.69. The molecule has 1 rings (SSSR count). The Morgan fingerprint density at radius 3 is 2.71 bits per heavy atom. The Bertz CT molecular complexity index is 351. The summed E-state index contributed by atoms with van der Waals surface area (Å²) in [7, 11) is 1.46. The summed E-state index contributed by atoms with van der Waals surface area (Å²) in [6.07, 6.45) is 0. The van der Waals surface area contributed by atoms with E-state index in [2.05, 4.69) is 15.7 Å². The van der Waals surface area contributed by atoms with Crippen LogP contribution in [0.15, 0.2) is 23.2 Å². The van der Waals surface area contributed by atoms with Gasteiger partial charge in [-0.1, -0.05) is 6.07 Å². The van der Waals surface area contributed by atoms with Crippen LogP contribution in [0.25, 0.3) is 0 Å². The number of nitrogens with two attached hydrogens (primary N) is 1. The smallest absolute Gasteiger partial charge is 0.210 e. The second kappa shape index (κ2) is 4.52. The summed E-state index contributed by atoms with van der Waals surface area (Å²) in [5.41, 5.74) is 2.17. The van der Waals surface area contributed by atoms with E-state index in [1.807, 2.05) is 0 Å². The van der Waals surface area contributed by atoms with Crippen molar-refractivity contribution in [3.05, 3.63) is 29.8 Å². The fourth-order valence-corrected chi connectivity index (χ4v) is 0.884. The first-order valence-corrected chi connectivity index (χ1v) is 3.83. The van der Waals surface area contributed by atoms with E-state index in [1.54, 1.807) is 0 Å². The van der Waals surface area contributed by atoms with Gasteiger partial charge in [0.05, 0.1) is 5.69 Å². The molecule has 14 heavy (non-hydrogen) atoms. The number of nitrogens with one attached hydrogen (secondary N) is 2. The molecule has 0 aliphatic heterocycles. The van der Waals surface area contributed by atoms with Crippen LogP contribution >= 0.6 is 0 Å². The lowest BCUT2D eigenvalue weighted by atomic mass is 10.3. The molecule has 0 aliphatic rings. The molecule has 6 heteroatoms. The van der Waals surface area contributed by atoms with Gasteiger partial charge in [-0.3, -0.25) is 10.4 Å². The van der Waals surface area contributed by atoms with E-state index < -0.39 is 11.6 Å². The van der Waals surface area contributed by atoms with Gasteiger partial charge in [-0.2, -0.15) is 0 Å². The average molecular weight is 200 g/mol. The third kappa shape index (κ3) is 2.17. The predicted octanol–water partition coefficient (Wildman–Crippen LogP) is 0.826. The fraction of sp³-hybridized carbons (Fsp3) is 0.125. The normalized spacial score (nSPS) is 11.3. The van der Waals surface area contributed by atoms with Crippen molar-refractivity contribution >= 4 is 11.6 Å². The van der Waals surface area contributed by atoms with E-state index >= 15 is 0 Å². The van der Waals surface area contributed by atoms with Crippen LogP contribution in [0.5, 0.6) is 0 Å².